The van der Waals surface area contributed by atoms with Gasteiger partial charge in [0, 0.05) is 76.1 Å². The average molecular weight is 1300 g/mol. The van der Waals surface area contributed by atoms with E-state index in [4.69, 9.17) is 18.9 Å². The largest absolute Gasteiger partial charge is 0.506 e. The Bertz CT molecular complexity index is 2820. The molecule has 7 atom stereocenters. The molecule has 27 nitrogen and oxygen atoms in total. The molecule has 508 valence electrons. The van der Waals surface area contributed by atoms with Crippen molar-refractivity contribution in [3.8, 4) is 5.75 Å². The van der Waals surface area contributed by atoms with Crippen LogP contribution < -0.4 is 31.9 Å². The number of esters is 1. The second kappa shape index (κ2) is 37.7. The molecule has 8 N–H and O–H groups in total. The first-order chi connectivity index (χ1) is 42.6. The lowest BCUT2D eigenvalue weighted by Gasteiger charge is -2.38. The number of carbonyl (C=O) groups is 11. The van der Waals surface area contributed by atoms with E-state index in [2.05, 4.69) is 36.9 Å². The van der Waals surface area contributed by atoms with E-state index in [0.717, 1.165) is 28.4 Å². The number of hydrogen-bond acceptors (Lipinski definition) is 19. The standard InChI is InChI=1S/C63H98N10O17S/c1-15-39(4)54(70-60(85)63(10,11)71(12)13)58(82)72(14)47(38(2)3)36-49(89-41(6)74)57-69-46(37-91-57)56(81)66-43(33-40(5)59(83)84)34-42-21-22-48(75)45(35-42)68-51(77)25-29-87-31-32-88-30-27-64-55(80)44(19-16-17-26-65-61(86)90-62(7,8)9)67-50(76)20-18-28-73-52(78)23-24-53(73)79/h21-24,35,37-40,43-44,47,49,54,75H,15-20,25-34,36H2,1-14H3,(H,64,80)(H,65,86)(H,66,81)(H,67,76)(H,68,77)(H,70,85)(H,83,84)/t39-,40?,43+,44-,47+,49+,54-/m0/s1. The number of carboxylic acids is 1. The first-order valence-corrected chi connectivity index (χ1v) is 31.8. The predicted molar refractivity (Wildman–Crippen MR) is 339 cm³/mol. The summed E-state index contributed by atoms with van der Waals surface area (Å²) in [6.07, 6.45) is 2.79. The van der Waals surface area contributed by atoms with Crippen LogP contribution in [-0.2, 0) is 68.5 Å². The number of hydrogen-bond donors (Lipinski definition) is 8. The third-order valence-electron chi connectivity index (χ3n) is 15.4. The summed E-state index contributed by atoms with van der Waals surface area (Å²) in [5.74, 6) is -6.82. The Morgan fingerprint density at radius 3 is 2.05 bits per heavy atom. The predicted octanol–water partition coefficient (Wildman–Crippen LogP) is 5.01. The van der Waals surface area contributed by atoms with Crippen LogP contribution in [-0.4, -0.2) is 198 Å². The minimum atomic E-state index is -1.10. The van der Waals surface area contributed by atoms with Crippen LogP contribution in [0.25, 0.3) is 0 Å². The molecule has 9 amide bonds. The van der Waals surface area contributed by atoms with E-state index >= 15 is 0 Å². The molecule has 0 saturated carbocycles. The molecule has 1 aliphatic heterocycles. The smallest absolute Gasteiger partial charge is 0.407 e. The molecule has 1 aromatic carbocycles. The molecule has 0 aliphatic carbocycles. The number of alkyl carbamates (subject to hydrolysis) is 1. The summed E-state index contributed by atoms with van der Waals surface area (Å²) >= 11 is 1.08. The van der Waals surface area contributed by atoms with Gasteiger partial charge >= 0.3 is 18.0 Å². The molecular weight excluding hydrogens is 1200 g/mol. The number of unbranched alkanes of at least 4 members (excludes halogenated alkanes) is 1. The van der Waals surface area contributed by atoms with Gasteiger partial charge in [0.05, 0.1) is 50.0 Å². The van der Waals surface area contributed by atoms with Crippen molar-refractivity contribution >= 4 is 82.3 Å². The van der Waals surface area contributed by atoms with Gasteiger partial charge in [0.25, 0.3) is 17.7 Å². The van der Waals surface area contributed by atoms with Crippen LogP contribution in [0.2, 0.25) is 0 Å². The lowest BCUT2D eigenvalue weighted by Crippen LogP contribution is -2.60. The van der Waals surface area contributed by atoms with E-state index in [-0.39, 0.29) is 137 Å². The van der Waals surface area contributed by atoms with Crippen LogP contribution in [0.4, 0.5) is 10.5 Å². The number of aromatic nitrogens is 1. The molecular formula is C63H98N10O17S. The highest BCUT2D eigenvalue weighted by molar-refractivity contribution is 7.09. The average Bonchev–Trinajstić information content (AvgIpc) is 2.87. The van der Waals surface area contributed by atoms with Crippen molar-refractivity contribution in [2.24, 2.45) is 17.8 Å². The summed E-state index contributed by atoms with van der Waals surface area (Å²) in [7, 11) is 5.22. The number of rotatable bonds is 40. The number of carboxylic acid groups (broad SMARTS) is 1. The number of benzene rings is 1. The van der Waals surface area contributed by atoms with Crippen molar-refractivity contribution in [3.05, 3.63) is 52.0 Å². The lowest BCUT2D eigenvalue weighted by molar-refractivity contribution is -0.149. The molecule has 3 rings (SSSR count). The molecule has 0 spiro atoms. The summed E-state index contributed by atoms with van der Waals surface area (Å²) < 4.78 is 22.2. The van der Waals surface area contributed by atoms with Gasteiger partial charge in [-0.15, -0.1) is 11.3 Å². The number of nitrogens with one attached hydrogen (secondary N) is 6. The van der Waals surface area contributed by atoms with E-state index in [1.165, 1.54) is 31.4 Å². The third kappa shape index (κ3) is 27.0. The topological polar surface area (TPSA) is 360 Å². The number of amides is 9. The Morgan fingerprint density at radius 2 is 1.45 bits per heavy atom. The van der Waals surface area contributed by atoms with Crippen LogP contribution in [0.5, 0.6) is 5.75 Å². The maximum atomic E-state index is 14.3. The van der Waals surface area contributed by atoms with Crippen molar-refractivity contribution in [2.75, 3.05) is 72.5 Å². The number of nitrogens with zero attached hydrogens (tertiary/aromatic N) is 4. The first kappa shape index (κ1) is 77.7. The minimum absolute atomic E-state index is 0.0109. The van der Waals surface area contributed by atoms with Crippen molar-refractivity contribution in [1.29, 1.82) is 0 Å². The summed E-state index contributed by atoms with van der Waals surface area (Å²) in [4.78, 5) is 150. The number of aliphatic carboxylic acids is 1. The normalized spacial score (nSPS) is 14.8. The number of anilines is 1. The maximum absolute atomic E-state index is 14.3. The molecule has 0 saturated heterocycles. The van der Waals surface area contributed by atoms with Crippen LogP contribution in [0.15, 0.2) is 35.7 Å². The highest BCUT2D eigenvalue weighted by atomic mass is 32.1. The quantitative estimate of drug-likeness (QED) is 0.0188. The highest BCUT2D eigenvalue weighted by Crippen LogP contribution is 2.32. The Kier molecular flexibility index (Phi) is 32.2. The van der Waals surface area contributed by atoms with E-state index in [9.17, 15) is 63.0 Å². The number of thiazole rings is 1. The lowest BCUT2D eigenvalue weighted by atomic mass is 9.92. The van der Waals surface area contributed by atoms with Gasteiger partial charge in [0.15, 0.2) is 6.10 Å². The number of phenolic OH excluding ortho intramolecular Hbond substituents is 1. The van der Waals surface area contributed by atoms with Gasteiger partial charge in [0.1, 0.15) is 34.1 Å². The van der Waals surface area contributed by atoms with E-state index in [1.807, 2.05) is 27.7 Å². The second-order valence-corrected chi connectivity index (χ2v) is 25.7. The molecule has 2 aromatic rings. The number of likely N-dealkylation sites (N-methyl/N-ethyl adjacent to an activating group) is 2. The second-order valence-electron chi connectivity index (χ2n) is 24.8. The Hall–Kier alpha value is -7.56. The van der Waals surface area contributed by atoms with E-state index in [0.29, 0.717) is 24.8 Å². The Balaban J connectivity index is 1.57. The molecule has 2 heterocycles. The van der Waals surface area contributed by atoms with Gasteiger partial charge in [0.2, 0.25) is 29.5 Å². The van der Waals surface area contributed by atoms with E-state index < -0.39 is 101 Å². The SMILES string of the molecule is CC[C@H](C)[C@H](NC(=O)C(C)(C)N(C)C)C(=O)N(C)[C@H](C[C@@H](OC(C)=O)c1nc(C(=O)N[C@@H](Cc2ccc(O)c(NC(=O)CCOCCOCCNC(=O)[C@H](CCCCNC(=O)OC(C)(C)C)NC(=O)CCCN3C(=O)C=CC3=O)c2)CC(C)C(=O)O)cs1)C(C)C. The molecule has 1 unspecified atom stereocenters. The maximum Gasteiger partial charge on any atom is 0.407 e. The van der Waals surface area contributed by atoms with Gasteiger partial charge in [-0.2, -0.15) is 0 Å². The molecule has 1 aromatic heterocycles. The zero-order valence-corrected chi connectivity index (χ0v) is 56.1. The molecule has 0 radical (unpaired) electrons. The summed E-state index contributed by atoms with van der Waals surface area (Å²) in [5.41, 5.74) is -1.00. The molecule has 0 bridgehead atoms. The summed E-state index contributed by atoms with van der Waals surface area (Å²) in [6.45, 7) is 19.9. The summed E-state index contributed by atoms with van der Waals surface area (Å²) in [5, 5.41) is 39.1. The van der Waals surface area contributed by atoms with Gasteiger partial charge < -0.3 is 66.0 Å². The monoisotopic (exact) mass is 1300 g/mol. The zero-order valence-electron chi connectivity index (χ0n) is 55.3. The van der Waals surface area contributed by atoms with Crippen LogP contribution in [0, 0.1) is 17.8 Å². The molecule has 0 fully saturated rings. The third-order valence-corrected chi connectivity index (χ3v) is 16.3. The minimum Gasteiger partial charge on any atom is -0.506 e. The first-order valence-electron chi connectivity index (χ1n) is 30.9. The van der Waals surface area contributed by atoms with Gasteiger partial charge in [-0.05, 0) is 117 Å². The molecule has 1 aliphatic rings. The van der Waals surface area contributed by atoms with Crippen molar-refractivity contribution in [1.82, 2.24) is 46.3 Å². The van der Waals surface area contributed by atoms with Crippen molar-refractivity contribution in [2.45, 2.75) is 182 Å². The number of imide groups is 1. The Morgan fingerprint density at radius 1 is 0.791 bits per heavy atom. The fourth-order valence-corrected chi connectivity index (χ4v) is 10.2. The van der Waals surface area contributed by atoms with Gasteiger partial charge in [-0.1, -0.05) is 47.1 Å². The van der Waals surface area contributed by atoms with Crippen molar-refractivity contribution < 1.29 is 81.9 Å². The van der Waals surface area contributed by atoms with Gasteiger partial charge in [-0.25, -0.2) is 9.78 Å². The molecule has 91 heavy (non-hydrogen) atoms. The highest BCUT2D eigenvalue weighted by Gasteiger charge is 2.39. The van der Waals surface area contributed by atoms with Gasteiger partial charge in [-0.3, -0.25) is 57.7 Å². The van der Waals surface area contributed by atoms with Crippen LogP contribution in [0.3, 0.4) is 0 Å². The number of phenols is 1. The van der Waals surface area contributed by atoms with Crippen LogP contribution >= 0.6 is 11.3 Å². The number of aromatic hydroxyl groups is 1. The van der Waals surface area contributed by atoms with E-state index in [1.54, 1.807) is 71.6 Å². The number of carbonyl (C=O) groups excluding carboxylic acids is 10. The fourth-order valence-electron chi connectivity index (χ4n) is 9.33. The molecule has 28 heteroatoms. The summed E-state index contributed by atoms with van der Waals surface area (Å²) in [6, 6.07) is 1.38. The number of ether oxygens (including phenoxy) is 4. The Labute approximate surface area is 538 Å². The zero-order chi connectivity index (χ0) is 68.3. The van der Waals surface area contributed by atoms with Crippen molar-refractivity contribution in [3.63, 3.8) is 0 Å². The fraction of sp³-hybridized carbons (Fsp3) is 0.651. The van der Waals surface area contributed by atoms with Crippen LogP contribution in [0.1, 0.15) is 161 Å².